The van der Waals surface area contributed by atoms with Crippen LogP contribution in [0.3, 0.4) is 0 Å². The van der Waals surface area contributed by atoms with E-state index in [-0.39, 0.29) is 11.5 Å². The minimum Gasteiger partial charge on any atom is -0.504 e. The number of rotatable bonds is 4. The molecule has 0 bridgehead atoms. The number of hydrogen-bond acceptors (Lipinski definition) is 4. The molecule has 0 atom stereocenters. The van der Waals surface area contributed by atoms with E-state index in [2.05, 4.69) is 5.32 Å². The Morgan fingerprint density at radius 3 is 2.53 bits per heavy atom. The number of aromatic hydroxyl groups is 2. The number of phenolic OH excluding ortho intramolecular Hbond substituents is 2. The molecule has 0 saturated carbocycles. The molecule has 3 N–H and O–H groups in total. The normalized spacial score (nSPS) is 10.2. The molecule has 0 heterocycles. The maximum atomic E-state index is 9.72. The number of nitrogens with one attached hydrogen (secondary N) is 1. The first-order valence-electron chi connectivity index (χ1n) is 6.09. The van der Waals surface area contributed by atoms with Gasteiger partial charge in [0, 0.05) is 37.6 Å². The summed E-state index contributed by atoms with van der Waals surface area (Å²) >= 11 is 0. The van der Waals surface area contributed by atoms with Crippen molar-refractivity contribution in [3.63, 3.8) is 0 Å². The van der Waals surface area contributed by atoms with Gasteiger partial charge in [-0.15, -0.1) is 0 Å². The molecular formula is C15H18N2O2. The molecular weight excluding hydrogens is 240 g/mol. The quantitative estimate of drug-likeness (QED) is 0.738. The standard InChI is InChI=1S/C15H18N2O2/c1-17(2)13-7-4-6-12(9-13)16-10-11-5-3-8-14(18)15(11)19/h3-9,16,18-19H,10H2,1-2H3. The van der Waals surface area contributed by atoms with Crippen molar-refractivity contribution in [2.45, 2.75) is 6.54 Å². The van der Waals surface area contributed by atoms with Gasteiger partial charge in [0.15, 0.2) is 11.5 Å². The first kappa shape index (κ1) is 13.1. The second-order valence-corrected chi connectivity index (χ2v) is 4.58. The van der Waals surface area contributed by atoms with Gasteiger partial charge in [-0.1, -0.05) is 18.2 Å². The van der Waals surface area contributed by atoms with Crippen molar-refractivity contribution in [3.8, 4) is 11.5 Å². The highest BCUT2D eigenvalue weighted by molar-refractivity contribution is 5.58. The topological polar surface area (TPSA) is 55.7 Å². The highest BCUT2D eigenvalue weighted by atomic mass is 16.3. The van der Waals surface area contributed by atoms with Crippen LogP contribution in [0.5, 0.6) is 11.5 Å². The number of nitrogens with zero attached hydrogens (tertiary/aromatic N) is 1. The SMILES string of the molecule is CN(C)c1cccc(NCc2cccc(O)c2O)c1. The van der Waals surface area contributed by atoms with E-state index >= 15 is 0 Å². The second-order valence-electron chi connectivity index (χ2n) is 4.58. The Labute approximate surface area is 112 Å². The van der Waals surface area contributed by atoms with Crippen LogP contribution in [0.4, 0.5) is 11.4 Å². The third kappa shape index (κ3) is 3.10. The van der Waals surface area contributed by atoms with Gasteiger partial charge >= 0.3 is 0 Å². The van der Waals surface area contributed by atoms with Crippen LogP contribution in [0.25, 0.3) is 0 Å². The molecule has 4 heteroatoms. The zero-order valence-electron chi connectivity index (χ0n) is 11.1. The Bertz CT molecular complexity index is 568. The van der Waals surface area contributed by atoms with Gasteiger partial charge in [-0.05, 0) is 24.3 Å². The first-order chi connectivity index (χ1) is 9.08. The molecule has 0 aliphatic rings. The van der Waals surface area contributed by atoms with Gasteiger partial charge in [0.05, 0.1) is 0 Å². The summed E-state index contributed by atoms with van der Waals surface area (Å²) in [4.78, 5) is 2.02. The molecule has 19 heavy (non-hydrogen) atoms. The van der Waals surface area contributed by atoms with Crippen LogP contribution in [0.2, 0.25) is 0 Å². The summed E-state index contributed by atoms with van der Waals surface area (Å²) in [6, 6.07) is 12.9. The van der Waals surface area contributed by atoms with Crippen molar-refractivity contribution in [1.29, 1.82) is 0 Å². The number of hydrogen-bond donors (Lipinski definition) is 3. The molecule has 0 aliphatic heterocycles. The van der Waals surface area contributed by atoms with E-state index in [1.54, 1.807) is 12.1 Å². The summed E-state index contributed by atoms with van der Waals surface area (Å²) < 4.78 is 0. The molecule has 2 rings (SSSR count). The Balaban J connectivity index is 2.10. The fraction of sp³-hybridized carbons (Fsp3) is 0.200. The highest BCUT2D eigenvalue weighted by Crippen LogP contribution is 2.29. The average Bonchev–Trinajstić information content (AvgIpc) is 2.41. The molecule has 2 aromatic rings. The Morgan fingerprint density at radius 1 is 1.05 bits per heavy atom. The van der Waals surface area contributed by atoms with Crippen molar-refractivity contribution >= 4 is 11.4 Å². The molecule has 2 aromatic carbocycles. The molecule has 100 valence electrons. The zero-order valence-corrected chi connectivity index (χ0v) is 11.1. The fourth-order valence-corrected chi connectivity index (χ4v) is 1.81. The lowest BCUT2D eigenvalue weighted by atomic mass is 10.2. The van der Waals surface area contributed by atoms with Crippen molar-refractivity contribution in [2.24, 2.45) is 0 Å². The summed E-state index contributed by atoms with van der Waals surface area (Å²) in [5, 5.41) is 22.4. The summed E-state index contributed by atoms with van der Waals surface area (Å²) in [7, 11) is 3.97. The molecule has 0 spiro atoms. The molecule has 0 fully saturated rings. The van der Waals surface area contributed by atoms with Crippen LogP contribution in [-0.4, -0.2) is 24.3 Å². The molecule has 0 radical (unpaired) electrons. The van der Waals surface area contributed by atoms with Crippen LogP contribution >= 0.6 is 0 Å². The molecule has 0 unspecified atom stereocenters. The van der Waals surface area contributed by atoms with E-state index in [9.17, 15) is 10.2 Å². The van der Waals surface area contributed by atoms with Crippen LogP contribution in [0.1, 0.15) is 5.56 Å². The molecule has 0 aromatic heterocycles. The number of benzene rings is 2. The largest absolute Gasteiger partial charge is 0.504 e. The second kappa shape index (κ2) is 5.52. The Hall–Kier alpha value is -2.36. The number of para-hydroxylation sites is 1. The average molecular weight is 258 g/mol. The van der Waals surface area contributed by atoms with E-state index in [0.29, 0.717) is 12.1 Å². The van der Waals surface area contributed by atoms with Gasteiger partial charge in [0.2, 0.25) is 0 Å². The molecule has 0 aliphatic carbocycles. The smallest absolute Gasteiger partial charge is 0.162 e. The number of anilines is 2. The molecule has 0 saturated heterocycles. The minimum atomic E-state index is -0.0960. The molecule has 0 amide bonds. The summed E-state index contributed by atoms with van der Waals surface area (Å²) in [5.74, 6) is -0.167. The van der Waals surface area contributed by atoms with Gasteiger partial charge in [-0.3, -0.25) is 0 Å². The van der Waals surface area contributed by atoms with Crippen LogP contribution in [0.15, 0.2) is 42.5 Å². The summed E-state index contributed by atoms with van der Waals surface area (Å²) in [6.07, 6.45) is 0. The summed E-state index contributed by atoms with van der Waals surface area (Å²) in [6.45, 7) is 0.455. The lowest BCUT2D eigenvalue weighted by molar-refractivity contribution is 0.400. The third-order valence-electron chi connectivity index (χ3n) is 2.94. The fourth-order valence-electron chi connectivity index (χ4n) is 1.81. The van der Waals surface area contributed by atoms with Crippen LogP contribution in [-0.2, 0) is 6.54 Å². The third-order valence-corrected chi connectivity index (χ3v) is 2.94. The summed E-state index contributed by atoms with van der Waals surface area (Å²) in [5.41, 5.74) is 2.73. The van der Waals surface area contributed by atoms with E-state index in [4.69, 9.17) is 0 Å². The van der Waals surface area contributed by atoms with Gasteiger partial charge in [-0.2, -0.15) is 0 Å². The maximum absolute atomic E-state index is 9.72. The Morgan fingerprint density at radius 2 is 1.79 bits per heavy atom. The van der Waals surface area contributed by atoms with Crippen molar-refractivity contribution in [2.75, 3.05) is 24.3 Å². The monoisotopic (exact) mass is 258 g/mol. The predicted octanol–water partition coefficient (Wildman–Crippen LogP) is 2.78. The van der Waals surface area contributed by atoms with E-state index < -0.39 is 0 Å². The van der Waals surface area contributed by atoms with E-state index in [1.165, 1.54) is 6.07 Å². The van der Waals surface area contributed by atoms with Gasteiger partial charge in [0.1, 0.15) is 0 Å². The molecule has 4 nitrogen and oxygen atoms in total. The first-order valence-corrected chi connectivity index (χ1v) is 6.09. The van der Waals surface area contributed by atoms with Crippen LogP contribution in [0, 0.1) is 0 Å². The van der Waals surface area contributed by atoms with E-state index in [0.717, 1.165) is 11.4 Å². The van der Waals surface area contributed by atoms with Crippen LogP contribution < -0.4 is 10.2 Å². The van der Waals surface area contributed by atoms with Crippen molar-refractivity contribution < 1.29 is 10.2 Å². The maximum Gasteiger partial charge on any atom is 0.162 e. The van der Waals surface area contributed by atoms with Crippen molar-refractivity contribution in [3.05, 3.63) is 48.0 Å². The zero-order chi connectivity index (χ0) is 13.8. The van der Waals surface area contributed by atoms with Gasteiger partial charge < -0.3 is 20.4 Å². The Kier molecular flexibility index (Phi) is 3.80. The van der Waals surface area contributed by atoms with Gasteiger partial charge in [-0.25, -0.2) is 0 Å². The lowest BCUT2D eigenvalue weighted by Crippen LogP contribution is -2.09. The number of phenols is 2. The van der Waals surface area contributed by atoms with Crippen molar-refractivity contribution in [1.82, 2.24) is 0 Å². The van der Waals surface area contributed by atoms with E-state index in [1.807, 2.05) is 43.3 Å². The van der Waals surface area contributed by atoms with Gasteiger partial charge in [0.25, 0.3) is 0 Å². The minimum absolute atomic E-state index is 0.0706. The lowest BCUT2D eigenvalue weighted by Gasteiger charge is -2.15. The predicted molar refractivity (Wildman–Crippen MR) is 77.9 cm³/mol. The highest BCUT2D eigenvalue weighted by Gasteiger charge is 2.05.